The highest BCUT2D eigenvalue weighted by Gasteiger charge is 2.40. The number of fused-ring (bicyclic) bond motifs is 1. The molecule has 0 aliphatic carbocycles. The number of nitrogens with one attached hydrogen (secondary N) is 1. The van der Waals surface area contributed by atoms with E-state index in [0.717, 1.165) is 18.6 Å². The first-order valence-electron chi connectivity index (χ1n) is 4.92. The van der Waals surface area contributed by atoms with Crippen molar-refractivity contribution in [1.29, 1.82) is 0 Å². The van der Waals surface area contributed by atoms with Crippen molar-refractivity contribution in [1.82, 2.24) is 5.32 Å². The Morgan fingerprint density at radius 3 is 2.50 bits per heavy atom. The molecule has 0 aromatic rings. The van der Waals surface area contributed by atoms with E-state index in [1.54, 1.807) is 0 Å². The molecule has 0 spiro atoms. The average Bonchev–Trinajstić information content (AvgIpc) is 1.89. The molecule has 2 rings (SSSR count). The summed E-state index contributed by atoms with van der Waals surface area (Å²) in [5.74, 6) is 0.809. The van der Waals surface area contributed by atoms with Crippen LogP contribution in [0.4, 0.5) is 0 Å². The summed E-state index contributed by atoms with van der Waals surface area (Å²) in [6.07, 6.45) is 1.65. The Balaban J connectivity index is 1.94. The molecular formula is C10H19NO. The highest BCUT2D eigenvalue weighted by atomic mass is 16.5. The van der Waals surface area contributed by atoms with Crippen LogP contribution in [-0.2, 0) is 4.74 Å². The molecule has 0 radical (unpaired) electrons. The second-order valence-electron chi connectivity index (χ2n) is 5.20. The molecule has 1 N–H and O–H groups in total. The van der Waals surface area contributed by atoms with Crippen molar-refractivity contribution in [3.63, 3.8) is 0 Å². The smallest absolute Gasteiger partial charge is 0.0638 e. The molecule has 3 atom stereocenters. The van der Waals surface area contributed by atoms with Gasteiger partial charge in [0, 0.05) is 18.5 Å². The maximum Gasteiger partial charge on any atom is 0.0638 e. The zero-order chi connectivity index (χ0) is 8.77. The second kappa shape index (κ2) is 2.71. The van der Waals surface area contributed by atoms with Gasteiger partial charge in [-0.25, -0.2) is 0 Å². The van der Waals surface area contributed by atoms with E-state index in [1.165, 1.54) is 13.0 Å². The Morgan fingerprint density at radius 1 is 1.33 bits per heavy atom. The summed E-state index contributed by atoms with van der Waals surface area (Å²) >= 11 is 0. The third-order valence-corrected chi connectivity index (χ3v) is 3.16. The molecule has 70 valence electrons. The highest BCUT2D eigenvalue weighted by Crippen LogP contribution is 2.34. The molecule has 2 fully saturated rings. The summed E-state index contributed by atoms with van der Waals surface area (Å²) in [6, 6.07) is 0.753. The molecule has 2 aliphatic heterocycles. The van der Waals surface area contributed by atoms with E-state index in [9.17, 15) is 0 Å². The van der Waals surface area contributed by atoms with E-state index in [4.69, 9.17) is 4.74 Å². The lowest BCUT2D eigenvalue weighted by Crippen LogP contribution is -2.60. The molecule has 0 amide bonds. The molecule has 0 bridgehead atoms. The van der Waals surface area contributed by atoms with E-state index in [0.29, 0.717) is 11.5 Å². The minimum Gasteiger partial charge on any atom is -0.377 e. The monoisotopic (exact) mass is 169 g/mol. The zero-order valence-electron chi connectivity index (χ0n) is 8.26. The zero-order valence-corrected chi connectivity index (χ0v) is 8.26. The fourth-order valence-corrected chi connectivity index (χ4v) is 2.04. The predicted molar refractivity (Wildman–Crippen MR) is 49.1 cm³/mol. The van der Waals surface area contributed by atoms with E-state index in [-0.39, 0.29) is 0 Å². The third kappa shape index (κ3) is 1.38. The molecule has 0 aromatic carbocycles. The summed E-state index contributed by atoms with van der Waals surface area (Å²) in [6.45, 7) is 8.92. The lowest BCUT2D eigenvalue weighted by atomic mass is 9.77. The molecule has 0 saturated carbocycles. The van der Waals surface area contributed by atoms with E-state index in [1.807, 2.05) is 0 Å². The number of ether oxygens (including phenoxy) is 1. The molecule has 3 unspecified atom stereocenters. The normalized spacial score (nSPS) is 41.8. The summed E-state index contributed by atoms with van der Waals surface area (Å²) in [4.78, 5) is 0. The first kappa shape index (κ1) is 8.52. The molecule has 2 heterocycles. The van der Waals surface area contributed by atoms with E-state index >= 15 is 0 Å². The largest absolute Gasteiger partial charge is 0.377 e. The van der Waals surface area contributed by atoms with Gasteiger partial charge in [0.2, 0.25) is 0 Å². The van der Waals surface area contributed by atoms with Crippen LogP contribution in [0.15, 0.2) is 0 Å². The minimum atomic E-state index is 0.308. The topological polar surface area (TPSA) is 21.3 Å². The second-order valence-corrected chi connectivity index (χ2v) is 5.20. The lowest BCUT2D eigenvalue weighted by Gasteiger charge is -2.47. The van der Waals surface area contributed by atoms with Crippen LogP contribution in [0.2, 0.25) is 0 Å². The standard InChI is InChI=1S/C10H19NO/c1-10(2,3)9-4-8-7(5-11-8)6-12-9/h7-9,11H,4-6H2,1-3H3. The van der Waals surface area contributed by atoms with Crippen molar-refractivity contribution < 1.29 is 4.74 Å². The Labute approximate surface area is 74.7 Å². The van der Waals surface area contributed by atoms with Crippen molar-refractivity contribution >= 4 is 0 Å². The van der Waals surface area contributed by atoms with Crippen molar-refractivity contribution in [2.45, 2.75) is 39.3 Å². The molecular weight excluding hydrogens is 150 g/mol. The summed E-state index contributed by atoms with van der Waals surface area (Å²) < 4.78 is 5.84. The van der Waals surface area contributed by atoms with Gasteiger partial charge in [-0.3, -0.25) is 0 Å². The predicted octanol–water partition coefficient (Wildman–Crippen LogP) is 1.41. The van der Waals surface area contributed by atoms with Gasteiger partial charge < -0.3 is 10.1 Å². The van der Waals surface area contributed by atoms with Crippen LogP contribution in [0.3, 0.4) is 0 Å². The van der Waals surface area contributed by atoms with E-state index < -0.39 is 0 Å². The van der Waals surface area contributed by atoms with Gasteiger partial charge in [-0.1, -0.05) is 20.8 Å². The van der Waals surface area contributed by atoms with Crippen LogP contribution in [0.5, 0.6) is 0 Å². The average molecular weight is 169 g/mol. The van der Waals surface area contributed by atoms with Gasteiger partial charge in [-0.2, -0.15) is 0 Å². The fourth-order valence-electron chi connectivity index (χ4n) is 2.04. The number of hydrogen-bond donors (Lipinski definition) is 1. The van der Waals surface area contributed by atoms with Crippen LogP contribution in [-0.4, -0.2) is 25.3 Å². The van der Waals surface area contributed by atoms with Gasteiger partial charge in [0.1, 0.15) is 0 Å². The minimum absolute atomic E-state index is 0.308. The van der Waals surface area contributed by atoms with Gasteiger partial charge in [0.15, 0.2) is 0 Å². The highest BCUT2D eigenvalue weighted by molar-refractivity contribution is 4.95. The molecule has 0 aromatic heterocycles. The maximum absolute atomic E-state index is 5.84. The Bertz CT molecular complexity index is 173. The van der Waals surface area contributed by atoms with Crippen LogP contribution >= 0.6 is 0 Å². The van der Waals surface area contributed by atoms with Crippen LogP contribution < -0.4 is 5.32 Å². The first-order valence-corrected chi connectivity index (χ1v) is 4.92. The fraction of sp³-hybridized carbons (Fsp3) is 1.00. The van der Waals surface area contributed by atoms with Gasteiger partial charge in [0.25, 0.3) is 0 Å². The van der Waals surface area contributed by atoms with Crippen molar-refractivity contribution in [3.8, 4) is 0 Å². The van der Waals surface area contributed by atoms with Crippen LogP contribution in [0.25, 0.3) is 0 Å². The van der Waals surface area contributed by atoms with Crippen molar-refractivity contribution in [3.05, 3.63) is 0 Å². The van der Waals surface area contributed by atoms with Crippen molar-refractivity contribution in [2.75, 3.05) is 13.2 Å². The molecule has 2 saturated heterocycles. The van der Waals surface area contributed by atoms with Gasteiger partial charge in [-0.15, -0.1) is 0 Å². The first-order chi connectivity index (χ1) is 5.57. The van der Waals surface area contributed by atoms with Gasteiger partial charge >= 0.3 is 0 Å². The van der Waals surface area contributed by atoms with Crippen LogP contribution in [0.1, 0.15) is 27.2 Å². The molecule has 2 aliphatic rings. The Morgan fingerprint density at radius 2 is 2.08 bits per heavy atom. The Kier molecular flexibility index (Phi) is 1.92. The third-order valence-electron chi connectivity index (χ3n) is 3.16. The Hall–Kier alpha value is -0.0800. The number of hydrogen-bond acceptors (Lipinski definition) is 2. The molecule has 2 nitrogen and oxygen atoms in total. The van der Waals surface area contributed by atoms with Crippen molar-refractivity contribution in [2.24, 2.45) is 11.3 Å². The summed E-state index contributed by atoms with van der Waals surface area (Å²) in [7, 11) is 0. The quantitative estimate of drug-likeness (QED) is 0.592. The summed E-state index contributed by atoms with van der Waals surface area (Å²) in [5.41, 5.74) is 0.308. The molecule has 12 heavy (non-hydrogen) atoms. The van der Waals surface area contributed by atoms with Gasteiger partial charge in [0.05, 0.1) is 12.7 Å². The maximum atomic E-state index is 5.84. The summed E-state index contributed by atoms with van der Waals surface area (Å²) in [5, 5.41) is 3.47. The molecule has 2 heteroatoms. The lowest BCUT2D eigenvalue weighted by molar-refractivity contribution is -0.104. The SMILES string of the molecule is CC(C)(C)C1CC2NCC2CO1. The van der Waals surface area contributed by atoms with Crippen LogP contribution in [0, 0.1) is 11.3 Å². The van der Waals surface area contributed by atoms with Gasteiger partial charge in [-0.05, 0) is 11.8 Å². The number of rotatable bonds is 0. The van der Waals surface area contributed by atoms with E-state index in [2.05, 4.69) is 26.1 Å².